The molecule has 78 valence electrons. The lowest BCUT2D eigenvalue weighted by Crippen LogP contribution is -2.07. The highest BCUT2D eigenvalue weighted by Crippen LogP contribution is 2.25. The monoisotopic (exact) mass is 195 g/mol. The molecule has 4 nitrogen and oxygen atoms in total. The van der Waals surface area contributed by atoms with Gasteiger partial charge in [-0.25, -0.2) is 0 Å². The Morgan fingerprint density at radius 1 is 1.43 bits per heavy atom. The van der Waals surface area contributed by atoms with Crippen molar-refractivity contribution in [3.05, 3.63) is 11.9 Å². The molecule has 1 heterocycles. The predicted molar refractivity (Wildman–Crippen MR) is 56.3 cm³/mol. The number of hydrogen-bond donors (Lipinski definition) is 1. The Kier molecular flexibility index (Phi) is 3.68. The summed E-state index contributed by atoms with van der Waals surface area (Å²) >= 11 is 0. The van der Waals surface area contributed by atoms with Gasteiger partial charge in [-0.15, -0.1) is 0 Å². The average molecular weight is 195 g/mol. The number of nitrogens with two attached hydrogens (primary N) is 1. The molecule has 0 unspecified atom stereocenters. The summed E-state index contributed by atoms with van der Waals surface area (Å²) in [6, 6.07) is 0. The van der Waals surface area contributed by atoms with Gasteiger partial charge in [0.05, 0.1) is 19.0 Å². The smallest absolute Gasteiger partial charge is 0.234 e. The summed E-state index contributed by atoms with van der Waals surface area (Å²) in [5.41, 5.74) is 6.68. The van der Waals surface area contributed by atoms with E-state index in [1.54, 1.807) is 13.3 Å². The quantitative estimate of drug-likeness (QED) is 0.797. The fraction of sp³-hybridized carbons (Fsp3) is 0.600. The first-order valence-electron chi connectivity index (χ1n) is 4.89. The van der Waals surface area contributed by atoms with Gasteiger partial charge in [-0.05, 0) is 12.8 Å². The molecule has 14 heavy (non-hydrogen) atoms. The molecule has 2 N–H and O–H groups in total. The molecule has 0 aromatic carbocycles. The molecular formula is C10H17N3O. The molecule has 0 amide bonds. The molecule has 0 aliphatic heterocycles. The zero-order valence-corrected chi connectivity index (χ0v) is 8.95. The van der Waals surface area contributed by atoms with Crippen LogP contribution in [0.15, 0.2) is 6.20 Å². The fourth-order valence-electron chi connectivity index (χ4n) is 1.48. The number of ether oxygens (including phenoxy) is 1. The maximum atomic E-state index is 5.80. The van der Waals surface area contributed by atoms with Crippen LogP contribution in [0.4, 0.5) is 5.82 Å². The third kappa shape index (κ3) is 2.13. The van der Waals surface area contributed by atoms with Crippen molar-refractivity contribution in [2.75, 3.05) is 12.8 Å². The molecule has 0 atom stereocenters. The largest absolute Gasteiger partial charge is 0.480 e. The fourth-order valence-corrected chi connectivity index (χ4v) is 1.48. The van der Waals surface area contributed by atoms with Crippen molar-refractivity contribution < 1.29 is 4.74 Å². The molecule has 1 aromatic rings. The van der Waals surface area contributed by atoms with E-state index in [-0.39, 0.29) is 0 Å². The predicted octanol–water partition coefficient (Wildman–Crippen LogP) is 1.97. The minimum Gasteiger partial charge on any atom is -0.480 e. The van der Waals surface area contributed by atoms with Gasteiger partial charge in [0.2, 0.25) is 5.88 Å². The number of nitrogen functional groups attached to an aromatic ring is 1. The standard InChI is InChI=1S/C10H17N3O/c1-4-7(5-2)9-10(11)13-8(14-3)6-12-9/h6-7H,4-5H2,1-3H3,(H2,11,13). The molecule has 1 aromatic heterocycles. The second-order valence-electron chi connectivity index (χ2n) is 3.20. The van der Waals surface area contributed by atoms with Crippen LogP contribution in [0.5, 0.6) is 5.88 Å². The number of anilines is 1. The number of hydrogen-bond acceptors (Lipinski definition) is 4. The van der Waals surface area contributed by atoms with Gasteiger partial charge in [0.15, 0.2) is 0 Å². The van der Waals surface area contributed by atoms with Crippen LogP contribution in [0.3, 0.4) is 0 Å². The van der Waals surface area contributed by atoms with E-state index in [0.717, 1.165) is 18.5 Å². The van der Waals surface area contributed by atoms with E-state index in [2.05, 4.69) is 23.8 Å². The Hall–Kier alpha value is -1.32. The van der Waals surface area contributed by atoms with Gasteiger partial charge >= 0.3 is 0 Å². The first-order valence-corrected chi connectivity index (χ1v) is 4.89. The van der Waals surface area contributed by atoms with Crippen molar-refractivity contribution >= 4 is 5.82 Å². The van der Waals surface area contributed by atoms with Gasteiger partial charge in [0.1, 0.15) is 5.82 Å². The van der Waals surface area contributed by atoms with Crippen LogP contribution in [0.1, 0.15) is 38.3 Å². The third-order valence-corrected chi connectivity index (χ3v) is 2.39. The summed E-state index contributed by atoms with van der Waals surface area (Å²) in [7, 11) is 1.56. The van der Waals surface area contributed by atoms with Crippen molar-refractivity contribution in [3.8, 4) is 5.88 Å². The lowest BCUT2D eigenvalue weighted by atomic mass is 9.99. The summed E-state index contributed by atoms with van der Waals surface area (Å²) in [6.07, 6.45) is 3.67. The van der Waals surface area contributed by atoms with Crippen LogP contribution >= 0.6 is 0 Å². The van der Waals surface area contributed by atoms with Crippen LogP contribution in [-0.4, -0.2) is 17.1 Å². The van der Waals surface area contributed by atoms with Gasteiger partial charge in [-0.1, -0.05) is 13.8 Å². The minimum atomic E-state index is 0.397. The lowest BCUT2D eigenvalue weighted by Gasteiger charge is -2.13. The maximum absolute atomic E-state index is 5.80. The number of nitrogens with zero attached hydrogens (tertiary/aromatic N) is 2. The zero-order valence-electron chi connectivity index (χ0n) is 8.95. The summed E-state index contributed by atoms with van der Waals surface area (Å²) in [4.78, 5) is 8.38. The van der Waals surface area contributed by atoms with Crippen LogP contribution in [0, 0.1) is 0 Å². The highest BCUT2D eigenvalue weighted by Gasteiger charge is 2.13. The Balaban J connectivity index is 2.98. The van der Waals surface area contributed by atoms with E-state index < -0.39 is 0 Å². The lowest BCUT2D eigenvalue weighted by molar-refractivity contribution is 0.395. The molecule has 0 fully saturated rings. The molecular weight excluding hydrogens is 178 g/mol. The van der Waals surface area contributed by atoms with Crippen LogP contribution < -0.4 is 10.5 Å². The van der Waals surface area contributed by atoms with E-state index in [1.165, 1.54) is 0 Å². The van der Waals surface area contributed by atoms with Gasteiger partial charge < -0.3 is 10.5 Å². The van der Waals surface area contributed by atoms with E-state index >= 15 is 0 Å². The molecule has 1 rings (SSSR count). The highest BCUT2D eigenvalue weighted by molar-refractivity contribution is 5.38. The first-order chi connectivity index (χ1) is 6.72. The van der Waals surface area contributed by atoms with E-state index in [1.807, 2.05) is 0 Å². The Morgan fingerprint density at radius 3 is 2.50 bits per heavy atom. The van der Waals surface area contributed by atoms with Gasteiger partial charge in [-0.2, -0.15) is 4.98 Å². The molecule has 0 aliphatic carbocycles. The molecule has 4 heteroatoms. The maximum Gasteiger partial charge on any atom is 0.234 e. The average Bonchev–Trinajstić information content (AvgIpc) is 2.22. The summed E-state index contributed by atoms with van der Waals surface area (Å²) in [6.45, 7) is 4.25. The molecule has 0 saturated heterocycles. The summed E-state index contributed by atoms with van der Waals surface area (Å²) in [5, 5.41) is 0. The Labute approximate surface area is 84.5 Å². The van der Waals surface area contributed by atoms with Crippen molar-refractivity contribution in [2.24, 2.45) is 0 Å². The molecule has 0 saturated carbocycles. The molecule has 0 radical (unpaired) electrons. The first kappa shape index (κ1) is 10.8. The van der Waals surface area contributed by atoms with Crippen LogP contribution in [-0.2, 0) is 0 Å². The van der Waals surface area contributed by atoms with Crippen molar-refractivity contribution in [1.29, 1.82) is 0 Å². The zero-order chi connectivity index (χ0) is 10.6. The minimum absolute atomic E-state index is 0.397. The number of rotatable bonds is 4. The van der Waals surface area contributed by atoms with E-state index in [4.69, 9.17) is 10.5 Å². The molecule has 0 spiro atoms. The topological polar surface area (TPSA) is 61.0 Å². The van der Waals surface area contributed by atoms with Crippen LogP contribution in [0.2, 0.25) is 0 Å². The normalized spacial score (nSPS) is 10.6. The van der Waals surface area contributed by atoms with E-state index in [0.29, 0.717) is 17.6 Å². The van der Waals surface area contributed by atoms with E-state index in [9.17, 15) is 0 Å². The number of aromatic nitrogens is 2. The van der Waals surface area contributed by atoms with Crippen molar-refractivity contribution in [1.82, 2.24) is 9.97 Å². The number of methoxy groups -OCH3 is 1. The third-order valence-electron chi connectivity index (χ3n) is 2.39. The van der Waals surface area contributed by atoms with Crippen molar-refractivity contribution in [2.45, 2.75) is 32.6 Å². The Bertz CT molecular complexity index is 297. The second kappa shape index (κ2) is 4.79. The SMILES string of the molecule is CCC(CC)c1ncc(OC)nc1N. The summed E-state index contributed by atoms with van der Waals surface area (Å²) in [5.74, 6) is 1.35. The summed E-state index contributed by atoms with van der Waals surface area (Å²) < 4.78 is 4.94. The van der Waals surface area contributed by atoms with Crippen molar-refractivity contribution in [3.63, 3.8) is 0 Å². The van der Waals surface area contributed by atoms with Gasteiger partial charge in [-0.3, -0.25) is 4.98 Å². The molecule has 0 bridgehead atoms. The Morgan fingerprint density at radius 2 is 2.07 bits per heavy atom. The second-order valence-corrected chi connectivity index (χ2v) is 3.20. The van der Waals surface area contributed by atoms with Gasteiger partial charge in [0, 0.05) is 5.92 Å². The van der Waals surface area contributed by atoms with Crippen LogP contribution in [0.25, 0.3) is 0 Å². The van der Waals surface area contributed by atoms with Gasteiger partial charge in [0.25, 0.3) is 0 Å². The highest BCUT2D eigenvalue weighted by atomic mass is 16.5. The molecule has 0 aliphatic rings.